The third-order valence-corrected chi connectivity index (χ3v) is 8.14. The summed E-state index contributed by atoms with van der Waals surface area (Å²) in [6, 6.07) is 11.6. The summed E-state index contributed by atoms with van der Waals surface area (Å²) in [7, 11) is -3.83. The average Bonchev–Trinajstić information content (AvgIpc) is 2.89. The van der Waals surface area contributed by atoms with Gasteiger partial charge in [0.15, 0.2) is 11.5 Å². The van der Waals surface area contributed by atoms with E-state index in [1.165, 1.54) is 11.8 Å². The molecule has 2 atom stereocenters. The van der Waals surface area contributed by atoms with Crippen LogP contribution in [0.15, 0.2) is 42.5 Å². The second-order valence-electron chi connectivity index (χ2n) is 9.24. The second-order valence-corrected chi connectivity index (χ2v) is 11.4. The number of nitrogens with zero attached hydrogens (tertiary/aromatic N) is 2. The molecule has 0 saturated heterocycles. The summed E-state index contributed by atoms with van der Waals surface area (Å²) in [4.78, 5) is 28.2. The Morgan fingerprint density at radius 1 is 1.03 bits per heavy atom. The highest BCUT2D eigenvalue weighted by Crippen LogP contribution is 2.35. The van der Waals surface area contributed by atoms with Crippen LogP contribution in [0.1, 0.15) is 45.2 Å². The van der Waals surface area contributed by atoms with E-state index < -0.39 is 28.5 Å². The quantitative estimate of drug-likeness (QED) is 0.477. The molecule has 2 amide bonds. The van der Waals surface area contributed by atoms with Crippen molar-refractivity contribution in [2.24, 2.45) is 0 Å². The molecule has 0 aromatic heterocycles. The lowest BCUT2D eigenvalue weighted by molar-refractivity contribution is -0.139. The van der Waals surface area contributed by atoms with Crippen molar-refractivity contribution in [2.45, 2.75) is 59.7 Å². The Bertz CT molecular complexity index is 1220. The van der Waals surface area contributed by atoms with E-state index in [0.717, 1.165) is 21.9 Å². The van der Waals surface area contributed by atoms with Gasteiger partial charge in [0, 0.05) is 18.7 Å². The number of ether oxygens (including phenoxy) is 2. The molecule has 0 spiro atoms. The molecule has 0 aliphatic carbocycles. The third kappa shape index (κ3) is 7.15. The first-order valence-corrected chi connectivity index (χ1v) is 14.2. The molecule has 0 radical (unpaired) electrons. The van der Waals surface area contributed by atoms with Crippen LogP contribution in [0, 0.1) is 6.92 Å². The largest absolute Gasteiger partial charge is 0.486 e. The molecule has 37 heavy (non-hydrogen) atoms. The first-order chi connectivity index (χ1) is 17.6. The number of fused-ring (bicyclic) bond motifs is 1. The van der Waals surface area contributed by atoms with Crippen LogP contribution in [0.25, 0.3) is 0 Å². The zero-order valence-electron chi connectivity index (χ0n) is 22.2. The summed E-state index contributed by atoms with van der Waals surface area (Å²) in [6.45, 7) is 9.47. The minimum Gasteiger partial charge on any atom is -0.486 e. The fraction of sp³-hybridized carbons (Fsp3) is 0.481. The van der Waals surface area contributed by atoms with Crippen LogP contribution in [-0.2, 0) is 26.2 Å². The van der Waals surface area contributed by atoms with E-state index in [9.17, 15) is 18.0 Å². The Balaban J connectivity index is 1.94. The molecular formula is C27H37N3O6S. The zero-order valence-corrected chi connectivity index (χ0v) is 23.0. The van der Waals surface area contributed by atoms with Gasteiger partial charge in [0.05, 0.1) is 11.4 Å². The van der Waals surface area contributed by atoms with Crippen molar-refractivity contribution in [1.29, 1.82) is 0 Å². The number of aryl methyl sites for hydroxylation is 1. The number of benzene rings is 2. The lowest BCUT2D eigenvalue weighted by Crippen LogP contribution is -2.52. The van der Waals surface area contributed by atoms with Crippen LogP contribution in [0.5, 0.6) is 11.5 Å². The first kappa shape index (κ1) is 28.3. The van der Waals surface area contributed by atoms with Gasteiger partial charge in [-0.1, -0.05) is 36.8 Å². The van der Waals surface area contributed by atoms with Gasteiger partial charge in [-0.25, -0.2) is 8.42 Å². The molecule has 10 heteroatoms. The van der Waals surface area contributed by atoms with Gasteiger partial charge in [0.2, 0.25) is 21.8 Å². The van der Waals surface area contributed by atoms with Gasteiger partial charge in [-0.05, 0) is 51.8 Å². The van der Waals surface area contributed by atoms with Gasteiger partial charge in [0.1, 0.15) is 25.8 Å². The smallest absolute Gasteiger partial charge is 0.244 e. The van der Waals surface area contributed by atoms with Gasteiger partial charge >= 0.3 is 0 Å². The standard InChI is InChI=1S/C27H37N3O6S/c1-6-20(4)28-27(32)21(5)29(17-22-10-8-9-19(3)15-22)26(31)18-30(37(33,34)7-2)23-11-12-24-25(16-23)36-14-13-35-24/h8-12,15-16,20-21H,6-7,13-14,17-18H2,1-5H3,(H,28,32)/t20-,21+/m1/s1. The predicted molar refractivity (Wildman–Crippen MR) is 143 cm³/mol. The zero-order chi connectivity index (χ0) is 27.2. The molecule has 2 aromatic carbocycles. The van der Waals surface area contributed by atoms with Gasteiger partial charge in [-0.15, -0.1) is 0 Å². The second kappa shape index (κ2) is 12.3. The van der Waals surface area contributed by atoms with Crippen molar-refractivity contribution >= 4 is 27.5 Å². The molecule has 0 saturated carbocycles. The van der Waals surface area contributed by atoms with Crippen molar-refractivity contribution < 1.29 is 27.5 Å². The van der Waals surface area contributed by atoms with Crippen molar-refractivity contribution in [3.63, 3.8) is 0 Å². The van der Waals surface area contributed by atoms with E-state index in [1.54, 1.807) is 25.1 Å². The summed E-state index contributed by atoms with van der Waals surface area (Å²) in [5, 5.41) is 2.93. The Hall–Kier alpha value is -3.27. The molecule has 2 aromatic rings. The molecule has 9 nitrogen and oxygen atoms in total. The van der Waals surface area contributed by atoms with Gasteiger partial charge < -0.3 is 19.7 Å². The monoisotopic (exact) mass is 531 g/mol. The lowest BCUT2D eigenvalue weighted by atomic mass is 10.1. The number of carbonyl (C=O) groups excluding carboxylic acids is 2. The maximum Gasteiger partial charge on any atom is 0.244 e. The highest BCUT2D eigenvalue weighted by atomic mass is 32.2. The number of hydrogen-bond donors (Lipinski definition) is 1. The minimum absolute atomic E-state index is 0.0550. The first-order valence-electron chi connectivity index (χ1n) is 12.6. The van der Waals surface area contributed by atoms with E-state index in [-0.39, 0.29) is 24.2 Å². The van der Waals surface area contributed by atoms with Gasteiger partial charge in [-0.3, -0.25) is 13.9 Å². The summed E-state index contributed by atoms with van der Waals surface area (Å²) >= 11 is 0. The maximum atomic E-state index is 13.8. The summed E-state index contributed by atoms with van der Waals surface area (Å²) in [5.41, 5.74) is 2.17. The predicted octanol–water partition coefficient (Wildman–Crippen LogP) is 3.25. The number of sulfonamides is 1. The number of amides is 2. The van der Waals surface area contributed by atoms with E-state index in [2.05, 4.69) is 5.32 Å². The number of carbonyl (C=O) groups is 2. The van der Waals surface area contributed by atoms with Crippen LogP contribution in [0.4, 0.5) is 5.69 Å². The SMILES string of the molecule is CC[C@@H](C)NC(=O)[C@H](C)N(Cc1cccc(C)c1)C(=O)CN(c1ccc2c(c1)OCCO2)S(=O)(=O)CC. The van der Waals surface area contributed by atoms with Crippen molar-refractivity contribution in [2.75, 3.05) is 29.8 Å². The lowest BCUT2D eigenvalue weighted by Gasteiger charge is -2.32. The highest BCUT2D eigenvalue weighted by molar-refractivity contribution is 7.92. The molecule has 202 valence electrons. The topological polar surface area (TPSA) is 105 Å². The van der Waals surface area contributed by atoms with Gasteiger partial charge in [0.25, 0.3) is 0 Å². The Morgan fingerprint density at radius 3 is 2.38 bits per heavy atom. The van der Waals surface area contributed by atoms with E-state index in [0.29, 0.717) is 30.4 Å². The Morgan fingerprint density at radius 2 is 1.73 bits per heavy atom. The molecule has 3 rings (SSSR count). The van der Waals surface area contributed by atoms with Gasteiger partial charge in [-0.2, -0.15) is 0 Å². The molecule has 0 fully saturated rings. The molecule has 1 aliphatic heterocycles. The van der Waals surface area contributed by atoms with Crippen molar-refractivity contribution in [1.82, 2.24) is 10.2 Å². The normalized spacial score (nSPS) is 14.4. The summed E-state index contributed by atoms with van der Waals surface area (Å²) in [6.07, 6.45) is 0.747. The number of anilines is 1. The molecule has 1 N–H and O–H groups in total. The van der Waals surface area contributed by atoms with Crippen molar-refractivity contribution in [3.8, 4) is 11.5 Å². The van der Waals surface area contributed by atoms with Crippen LogP contribution in [0.3, 0.4) is 0 Å². The minimum atomic E-state index is -3.83. The van der Waals surface area contributed by atoms with Crippen LogP contribution in [-0.4, -0.2) is 62.7 Å². The van der Waals surface area contributed by atoms with Crippen LogP contribution >= 0.6 is 0 Å². The fourth-order valence-electron chi connectivity index (χ4n) is 3.96. The third-order valence-electron chi connectivity index (χ3n) is 6.40. The van der Waals surface area contributed by atoms with Crippen molar-refractivity contribution in [3.05, 3.63) is 53.6 Å². The summed E-state index contributed by atoms with van der Waals surface area (Å²) in [5.74, 6) is -0.0341. The molecule has 0 bridgehead atoms. The number of hydrogen-bond acceptors (Lipinski definition) is 6. The van der Waals surface area contributed by atoms with E-state index in [1.807, 2.05) is 45.0 Å². The molecule has 0 unspecified atom stereocenters. The molecule has 1 aliphatic rings. The summed E-state index contributed by atoms with van der Waals surface area (Å²) < 4.78 is 38.5. The highest BCUT2D eigenvalue weighted by Gasteiger charge is 2.32. The van der Waals surface area contributed by atoms with E-state index >= 15 is 0 Å². The maximum absolute atomic E-state index is 13.8. The number of rotatable bonds is 11. The van der Waals surface area contributed by atoms with Crippen LogP contribution in [0.2, 0.25) is 0 Å². The Kier molecular flexibility index (Phi) is 9.42. The Labute approximate surface area is 219 Å². The average molecular weight is 532 g/mol. The van der Waals surface area contributed by atoms with Crippen LogP contribution < -0.4 is 19.1 Å². The molecule has 1 heterocycles. The molecular weight excluding hydrogens is 494 g/mol. The number of nitrogens with one attached hydrogen (secondary N) is 1. The van der Waals surface area contributed by atoms with E-state index in [4.69, 9.17) is 9.47 Å². The fourth-order valence-corrected chi connectivity index (χ4v) is 5.02.